The van der Waals surface area contributed by atoms with Crippen molar-refractivity contribution in [1.29, 1.82) is 0 Å². The molecule has 0 saturated heterocycles. The van der Waals surface area contributed by atoms with E-state index in [1.807, 2.05) is 20.8 Å². The van der Waals surface area contributed by atoms with Crippen molar-refractivity contribution >= 4 is 11.5 Å². The Bertz CT molecular complexity index is 545. The van der Waals surface area contributed by atoms with Crippen LogP contribution in [-0.4, -0.2) is 28.8 Å². The molecule has 0 unspecified atom stereocenters. The summed E-state index contributed by atoms with van der Waals surface area (Å²) in [5.74, 6) is 0.153. The maximum atomic E-state index is 11.8. The van der Waals surface area contributed by atoms with Gasteiger partial charge in [0.2, 0.25) is 0 Å². The lowest BCUT2D eigenvalue weighted by atomic mass is 10.1. The van der Waals surface area contributed by atoms with Gasteiger partial charge in [-0.25, -0.2) is 4.79 Å². The van der Waals surface area contributed by atoms with Crippen molar-refractivity contribution in [2.75, 3.05) is 24.8 Å². The van der Waals surface area contributed by atoms with Gasteiger partial charge < -0.3 is 15.8 Å². The minimum absolute atomic E-state index is 0.153. The number of aromatic nitrogens is 2. The van der Waals surface area contributed by atoms with E-state index in [1.165, 1.54) is 4.57 Å². The number of hydrogen-bond donors (Lipinski definition) is 3. The summed E-state index contributed by atoms with van der Waals surface area (Å²) in [6, 6.07) is 0. The molecule has 7 heteroatoms. The lowest BCUT2D eigenvalue weighted by molar-refractivity contribution is 0.158. The van der Waals surface area contributed by atoms with Crippen LogP contribution in [0.15, 0.2) is 9.59 Å². The van der Waals surface area contributed by atoms with Gasteiger partial charge in [-0.15, -0.1) is 0 Å². The van der Waals surface area contributed by atoms with Crippen LogP contribution in [0.3, 0.4) is 0 Å². The number of nitrogens with zero attached hydrogens (tertiary/aromatic N) is 1. The van der Waals surface area contributed by atoms with E-state index in [0.717, 1.165) is 6.42 Å². The molecule has 0 fully saturated rings. The molecule has 1 aromatic heterocycles. The Labute approximate surface area is 111 Å². The highest BCUT2D eigenvalue weighted by atomic mass is 16.5. The van der Waals surface area contributed by atoms with Gasteiger partial charge in [0.15, 0.2) is 0 Å². The van der Waals surface area contributed by atoms with Gasteiger partial charge in [-0.05, 0) is 20.3 Å². The highest BCUT2D eigenvalue weighted by Gasteiger charge is 2.21. The molecule has 4 N–H and O–H groups in total. The van der Waals surface area contributed by atoms with Gasteiger partial charge >= 0.3 is 5.69 Å². The standard InChI is InChI=1S/C12H22N4O3/c1-5-6-16-9(13)8(10(17)14-11(16)18)15-12(2,3)7-19-4/h15H,5-7,13H2,1-4H3,(H,14,17,18). The smallest absolute Gasteiger partial charge is 0.330 e. The Balaban J connectivity index is 3.25. The zero-order valence-electron chi connectivity index (χ0n) is 11.9. The first-order valence-electron chi connectivity index (χ1n) is 6.22. The van der Waals surface area contributed by atoms with Crippen LogP contribution in [0.2, 0.25) is 0 Å². The summed E-state index contributed by atoms with van der Waals surface area (Å²) in [6.45, 7) is 6.55. The fraction of sp³-hybridized carbons (Fsp3) is 0.667. The second-order valence-corrected chi connectivity index (χ2v) is 5.11. The molecule has 0 amide bonds. The van der Waals surface area contributed by atoms with E-state index in [0.29, 0.717) is 13.2 Å². The third-order valence-corrected chi connectivity index (χ3v) is 2.66. The predicted molar refractivity (Wildman–Crippen MR) is 75.6 cm³/mol. The molecule has 0 saturated carbocycles. The Hall–Kier alpha value is -1.76. The lowest BCUT2D eigenvalue weighted by Gasteiger charge is -2.27. The number of H-pyrrole nitrogens is 1. The van der Waals surface area contributed by atoms with Crippen molar-refractivity contribution < 1.29 is 4.74 Å². The van der Waals surface area contributed by atoms with Crippen LogP contribution in [-0.2, 0) is 11.3 Å². The molecule has 0 radical (unpaired) electrons. The van der Waals surface area contributed by atoms with E-state index in [-0.39, 0.29) is 11.5 Å². The average Bonchev–Trinajstić information content (AvgIpc) is 2.30. The van der Waals surface area contributed by atoms with E-state index in [1.54, 1.807) is 7.11 Å². The minimum Gasteiger partial charge on any atom is -0.383 e. The monoisotopic (exact) mass is 270 g/mol. The third kappa shape index (κ3) is 3.60. The van der Waals surface area contributed by atoms with Crippen LogP contribution in [0.5, 0.6) is 0 Å². The number of aromatic amines is 1. The van der Waals surface area contributed by atoms with Crippen LogP contribution >= 0.6 is 0 Å². The fourth-order valence-corrected chi connectivity index (χ4v) is 1.89. The predicted octanol–water partition coefficient (Wildman–Crippen LogP) is 0.366. The number of nitrogens with two attached hydrogens (primary N) is 1. The number of nitrogen functional groups attached to an aromatic ring is 1. The van der Waals surface area contributed by atoms with Crippen molar-refractivity contribution in [3.63, 3.8) is 0 Å². The molecule has 0 spiro atoms. The van der Waals surface area contributed by atoms with E-state index in [9.17, 15) is 9.59 Å². The van der Waals surface area contributed by atoms with Gasteiger partial charge in [-0.2, -0.15) is 0 Å². The Kier molecular flexibility index (Phi) is 4.77. The average molecular weight is 270 g/mol. The van der Waals surface area contributed by atoms with Gasteiger partial charge in [0.25, 0.3) is 5.56 Å². The van der Waals surface area contributed by atoms with E-state index in [2.05, 4.69) is 10.3 Å². The van der Waals surface area contributed by atoms with Gasteiger partial charge in [-0.3, -0.25) is 14.3 Å². The van der Waals surface area contributed by atoms with Crippen molar-refractivity contribution in [2.45, 2.75) is 39.3 Å². The van der Waals surface area contributed by atoms with Crippen LogP contribution in [0.1, 0.15) is 27.2 Å². The Morgan fingerprint density at radius 3 is 2.58 bits per heavy atom. The van der Waals surface area contributed by atoms with Gasteiger partial charge in [0.05, 0.1) is 12.1 Å². The van der Waals surface area contributed by atoms with E-state index >= 15 is 0 Å². The van der Waals surface area contributed by atoms with Crippen molar-refractivity contribution in [1.82, 2.24) is 9.55 Å². The molecule has 1 rings (SSSR count). The number of methoxy groups -OCH3 is 1. The number of nitrogens with one attached hydrogen (secondary N) is 2. The van der Waals surface area contributed by atoms with Crippen LogP contribution in [0.4, 0.5) is 11.5 Å². The molecular weight excluding hydrogens is 248 g/mol. The van der Waals surface area contributed by atoms with Crippen molar-refractivity contribution in [3.8, 4) is 0 Å². The van der Waals surface area contributed by atoms with Crippen molar-refractivity contribution in [2.24, 2.45) is 0 Å². The third-order valence-electron chi connectivity index (χ3n) is 2.66. The SMILES string of the molecule is CCCn1c(N)c(NC(C)(C)COC)c(=O)[nH]c1=O. The first-order valence-corrected chi connectivity index (χ1v) is 6.22. The summed E-state index contributed by atoms with van der Waals surface area (Å²) >= 11 is 0. The van der Waals surface area contributed by atoms with E-state index in [4.69, 9.17) is 10.5 Å². The molecule has 1 aromatic rings. The zero-order chi connectivity index (χ0) is 14.6. The number of rotatable bonds is 6. The summed E-state index contributed by atoms with van der Waals surface area (Å²) in [5.41, 5.74) is 4.65. The number of ether oxygens (including phenoxy) is 1. The first kappa shape index (κ1) is 15.3. The van der Waals surface area contributed by atoms with Crippen LogP contribution < -0.4 is 22.3 Å². The molecule has 0 atom stereocenters. The number of hydrogen-bond acceptors (Lipinski definition) is 5. The molecular formula is C12H22N4O3. The molecule has 0 aliphatic heterocycles. The topological polar surface area (TPSA) is 102 Å². The molecule has 0 aliphatic carbocycles. The maximum Gasteiger partial charge on any atom is 0.330 e. The van der Waals surface area contributed by atoms with E-state index < -0.39 is 16.8 Å². The molecule has 7 nitrogen and oxygen atoms in total. The number of anilines is 2. The minimum atomic E-state index is -0.515. The summed E-state index contributed by atoms with van der Waals surface area (Å²) in [5, 5.41) is 3.03. The summed E-state index contributed by atoms with van der Waals surface area (Å²) in [4.78, 5) is 25.8. The highest BCUT2D eigenvalue weighted by Crippen LogP contribution is 2.17. The first-order chi connectivity index (χ1) is 8.82. The maximum absolute atomic E-state index is 11.8. The van der Waals surface area contributed by atoms with Gasteiger partial charge in [0, 0.05) is 13.7 Å². The molecule has 1 heterocycles. The van der Waals surface area contributed by atoms with Crippen LogP contribution in [0.25, 0.3) is 0 Å². The normalized spacial score (nSPS) is 11.6. The summed E-state index contributed by atoms with van der Waals surface area (Å²) in [7, 11) is 1.58. The zero-order valence-corrected chi connectivity index (χ0v) is 11.9. The Morgan fingerprint density at radius 2 is 2.05 bits per heavy atom. The second kappa shape index (κ2) is 5.92. The largest absolute Gasteiger partial charge is 0.383 e. The molecule has 0 aromatic carbocycles. The molecule has 19 heavy (non-hydrogen) atoms. The fourth-order valence-electron chi connectivity index (χ4n) is 1.89. The van der Waals surface area contributed by atoms with Crippen molar-refractivity contribution in [3.05, 3.63) is 20.8 Å². The lowest BCUT2D eigenvalue weighted by Crippen LogP contribution is -2.41. The molecule has 108 valence electrons. The molecule has 0 aliphatic rings. The van der Waals surface area contributed by atoms with Gasteiger partial charge in [-0.1, -0.05) is 6.92 Å². The second-order valence-electron chi connectivity index (χ2n) is 5.11. The van der Waals surface area contributed by atoms with Gasteiger partial charge in [0.1, 0.15) is 11.5 Å². The molecule has 0 bridgehead atoms. The Morgan fingerprint density at radius 1 is 1.42 bits per heavy atom. The quantitative estimate of drug-likeness (QED) is 0.693. The summed E-state index contributed by atoms with van der Waals surface area (Å²) < 4.78 is 6.43. The highest BCUT2D eigenvalue weighted by molar-refractivity contribution is 5.61. The summed E-state index contributed by atoms with van der Waals surface area (Å²) in [6.07, 6.45) is 0.747. The van der Waals surface area contributed by atoms with Crippen LogP contribution in [0, 0.1) is 0 Å².